The number of nitrogens with one attached hydrogen (secondary N) is 1. The fourth-order valence-corrected chi connectivity index (χ4v) is 4.02. The molecule has 0 saturated carbocycles. The number of hydrogen-bond donors (Lipinski definition) is 1. The van der Waals surface area contributed by atoms with Crippen molar-refractivity contribution in [2.45, 2.75) is 24.3 Å². The Morgan fingerprint density at radius 3 is 2.52 bits per heavy atom. The fourth-order valence-electron chi connectivity index (χ4n) is 2.69. The Balaban J connectivity index is 1.78. The molecule has 1 aliphatic heterocycles. The molecule has 6 heteroatoms. The van der Waals surface area contributed by atoms with Crippen LogP contribution in [0.4, 0.5) is 5.69 Å². The van der Waals surface area contributed by atoms with Crippen LogP contribution in [0.5, 0.6) is 0 Å². The number of para-hydroxylation sites is 1. The van der Waals surface area contributed by atoms with Crippen molar-refractivity contribution < 1.29 is 13.2 Å². The number of rotatable bonds is 4. The lowest BCUT2D eigenvalue weighted by Crippen LogP contribution is -2.41. The van der Waals surface area contributed by atoms with Crippen molar-refractivity contribution in [1.29, 1.82) is 0 Å². The predicted octanol–water partition coefficient (Wildman–Crippen LogP) is 2.08. The molecule has 0 aliphatic carbocycles. The van der Waals surface area contributed by atoms with Crippen molar-refractivity contribution in [3.05, 3.63) is 60.2 Å². The maximum absolute atomic E-state index is 12.5. The Morgan fingerprint density at radius 2 is 1.83 bits per heavy atom. The van der Waals surface area contributed by atoms with Gasteiger partial charge in [0, 0.05) is 12.2 Å². The largest absolute Gasteiger partial charge is 0.311 e. The van der Waals surface area contributed by atoms with E-state index in [9.17, 15) is 13.2 Å². The number of sulfonamides is 1. The van der Waals surface area contributed by atoms with Gasteiger partial charge in [0.25, 0.3) is 0 Å². The third kappa shape index (κ3) is 3.28. The van der Waals surface area contributed by atoms with E-state index in [1.165, 1.54) is 6.07 Å². The molecule has 1 saturated heterocycles. The summed E-state index contributed by atoms with van der Waals surface area (Å²) in [7, 11) is -3.70. The van der Waals surface area contributed by atoms with Gasteiger partial charge in [-0.3, -0.25) is 4.79 Å². The van der Waals surface area contributed by atoms with E-state index >= 15 is 0 Å². The van der Waals surface area contributed by atoms with Crippen LogP contribution >= 0.6 is 0 Å². The van der Waals surface area contributed by atoms with Crippen LogP contribution in [0, 0.1) is 6.92 Å². The Labute approximate surface area is 136 Å². The van der Waals surface area contributed by atoms with E-state index in [4.69, 9.17) is 0 Å². The summed E-state index contributed by atoms with van der Waals surface area (Å²) in [5, 5.41) is 0. The molecule has 1 heterocycles. The van der Waals surface area contributed by atoms with Crippen LogP contribution in [0.2, 0.25) is 0 Å². The Morgan fingerprint density at radius 1 is 1.09 bits per heavy atom. The molecule has 2 aromatic carbocycles. The summed E-state index contributed by atoms with van der Waals surface area (Å²) in [4.78, 5) is 14.3. The average Bonchev–Trinajstić information content (AvgIpc) is 2.89. The van der Waals surface area contributed by atoms with Crippen LogP contribution < -0.4 is 9.62 Å². The first-order valence-electron chi connectivity index (χ1n) is 7.43. The zero-order valence-corrected chi connectivity index (χ0v) is 13.6. The van der Waals surface area contributed by atoms with Crippen LogP contribution in [0.1, 0.15) is 12.0 Å². The van der Waals surface area contributed by atoms with E-state index in [1.54, 1.807) is 17.0 Å². The summed E-state index contributed by atoms with van der Waals surface area (Å²) in [6.45, 7) is 2.33. The van der Waals surface area contributed by atoms with Crippen molar-refractivity contribution >= 4 is 21.6 Å². The standard InChI is InChI=1S/C17H18N2O3S/c1-13-6-5-9-15(12-13)23(21,22)18-16-10-11-19(17(16)20)14-7-3-2-4-8-14/h2-9,12,16,18H,10-11H2,1H3/t16-/m1/s1. The molecule has 120 valence electrons. The minimum atomic E-state index is -3.70. The number of hydrogen-bond acceptors (Lipinski definition) is 3. The molecule has 1 atom stereocenters. The number of aryl methyl sites for hydroxylation is 1. The number of carbonyl (C=O) groups excluding carboxylic acids is 1. The molecule has 23 heavy (non-hydrogen) atoms. The third-order valence-corrected chi connectivity index (χ3v) is 5.34. The normalized spacial score (nSPS) is 18.4. The van der Waals surface area contributed by atoms with Crippen LogP contribution in [0.3, 0.4) is 0 Å². The third-order valence-electron chi connectivity index (χ3n) is 3.87. The number of anilines is 1. The molecular weight excluding hydrogens is 312 g/mol. The van der Waals surface area contributed by atoms with Crippen LogP contribution in [-0.2, 0) is 14.8 Å². The monoisotopic (exact) mass is 330 g/mol. The molecule has 0 unspecified atom stereocenters. The molecule has 0 bridgehead atoms. The molecule has 0 radical (unpaired) electrons. The van der Waals surface area contributed by atoms with Crippen molar-refractivity contribution in [3.8, 4) is 0 Å². The maximum Gasteiger partial charge on any atom is 0.245 e. The van der Waals surface area contributed by atoms with Gasteiger partial charge in [-0.2, -0.15) is 4.72 Å². The maximum atomic E-state index is 12.5. The van der Waals surface area contributed by atoms with E-state index in [2.05, 4.69) is 4.72 Å². The van der Waals surface area contributed by atoms with E-state index in [1.807, 2.05) is 43.3 Å². The summed E-state index contributed by atoms with van der Waals surface area (Å²) < 4.78 is 27.4. The Kier molecular flexibility index (Phi) is 4.19. The topological polar surface area (TPSA) is 66.5 Å². The second-order valence-corrected chi connectivity index (χ2v) is 7.32. The highest BCUT2D eigenvalue weighted by atomic mass is 32.2. The first-order valence-corrected chi connectivity index (χ1v) is 8.91. The molecule has 0 aromatic heterocycles. The van der Waals surface area contributed by atoms with Gasteiger partial charge >= 0.3 is 0 Å². The van der Waals surface area contributed by atoms with E-state index in [0.29, 0.717) is 13.0 Å². The van der Waals surface area contributed by atoms with Gasteiger partial charge in [-0.25, -0.2) is 8.42 Å². The van der Waals surface area contributed by atoms with Crippen LogP contribution in [0.25, 0.3) is 0 Å². The van der Waals surface area contributed by atoms with E-state index in [0.717, 1.165) is 11.3 Å². The number of carbonyl (C=O) groups is 1. The number of benzene rings is 2. The zero-order valence-electron chi connectivity index (χ0n) is 12.8. The second-order valence-electron chi connectivity index (χ2n) is 5.60. The fraction of sp³-hybridized carbons (Fsp3) is 0.235. The lowest BCUT2D eigenvalue weighted by atomic mass is 10.2. The number of nitrogens with zero attached hydrogens (tertiary/aromatic N) is 1. The van der Waals surface area contributed by atoms with Crippen molar-refractivity contribution in [3.63, 3.8) is 0 Å². The molecule has 1 fully saturated rings. The molecule has 1 amide bonds. The molecule has 0 spiro atoms. The minimum Gasteiger partial charge on any atom is -0.311 e. The summed E-state index contributed by atoms with van der Waals surface area (Å²) in [5.41, 5.74) is 1.64. The average molecular weight is 330 g/mol. The smallest absolute Gasteiger partial charge is 0.245 e. The van der Waals surface area contributed by atoms with Gasteiger partial charge in [0.1, 0.15) is 6.04 Å². The Hall–Kier alpha value is -2.18. The van der Waals surface area contributed by atoms with Gasteiger partial charge in [-0.1, -0.05) is 30.3 Å². The molecular formula is C17H18N2O3S. The first-order chi connectivity index (χ1) is 11.0. The minimum absolute atomic E-state index is 0.184. The van der Waals surface area contributed by atoms with Gasteiger partial charge in [-0.15, -0.1) is 0 Å². The molecule has 1 N–H and O–H groups in total. The zero-order chi connectivity index (χ0) is 16.4. The van der Waals surface area contributed by atoms with E-state index in [-0.39, 0.29) is 10.8 Å². The SMILES string of the molecule is Cc1cccc(S(=O)(=O)N[C@@H]2CCN(c3ccccc3)C2=O)c1. The highest BCUT2D eigenvalue weighted by molar-refractivity contribution is 7.89. The lowest BCUT2D eigenvalue weighted by Gasteiger charge is -2.17. The molecule has 2 aromatic rings. The van der Waals surface area contributed by atoms with Gasteiger partial charge in [0.05, 0.1) is 4.90 Å². The quantitative estimate of drug-likeness (QED) is 0.933. The van der Waals surface area contributed by atoms with Gasteiger partial charge < -0.3 is 4.90 Å². The highest BCUT2D eigenvalue weighted by Gasteiger charge is 2.35. The second kappa shape index (κ2) is 6.14. The Bertz CT molecular complexity index is 819. The summed E-state index contributed by atoms with van der Waals surface area (Å²) in [6.07, 6.45) is 0.457. The summed E-state index contributed by atoms with van der Waals surface area (Å²) in [6, 6.07) is 15.2. The summed E-state index contributed by atoms with van der Waals surface area (Å²) in [5.74, 6) is -0.215. The molecule has 5 nitrogen and oxygen atoms in total. The summed E-state index contributed by atoms with van der Waals surface area (Å²) >= 11 is 0. The van der Waals surface area contributed by atoms with Crippen molar-refractivity contribution in [1.82, 2.24) is 4.72 Å². The van der Waals surface area contributed by atoms with E-state index < -0.39 is 16.1 Å². The van der Waals surface area contributed by atoms with Crippen molar-refractivity contribution in [2.24, 2.45) is 0 Å². The van der Waals surface area contributed by atoms with Gasteiger partial charge in [-0.05, 0) is 43.2 Å². The van der Waals surface area contributed by atoms with Gasteiger partial charge in [0.15, 0.2) is 0 Å². The number of amides is 1. The first kappa shape index (κ1) is 15.7. The predicted molar refractivity (Wildman–Crippen MR) is 88.7 cm³/mol. The van der Waals surface area contributed by atoms with Crippen LogP contribution in [-0.4, -0.2) is 26.9 Å². The molecule has 3 rings (SSSR count). The van der Waals surface area contributed by atoms with Crippen molar-refractivity contribution in [2.75, 3.05) is 11.4 Å². The lowest BCUT2D eigenvalue weighted by molar-refractivity contribution is -0.118. The van der Waals surface area contributed by atoms with Crippen LogP contribution in [0.15, 0.2) is 59.5 Å². The van der Waals surface area contributed by atoms with Gasteiger partial charge in [0.2, 0.25) is 15.9 Å². The molecule has 1 aliphatic rings. The highest BCUT2D eigenvalue weighted by Crippen LogP contribution is 2.22.